The first-order valence-corrected chi connectivity index (χ1v) is 11.9. The molecule has 4 nitrogen and oxygen atoms in total. The number of allylic oxidation sites excluding steroid dienone is 3. The van der Waals surface area contributed by atoms with Crippen LogP contribution in [0.25, 0.3) is 11.1 Å². The largest absolute Gasteiger partial charge is 0.378 e. The average molecular weight is 496 g/mol. The summed E-state index contributed by atoms with van der Waals surface area (Å²) >= 11 is 3.48. The number of aromatic nitrogens is 3. The maximum Gasteiger partial charge on any atom is 0.142 e. The van der Waals surface area contributed by atoms with Gasteiger partial charge in [0.05, 0.1) is 12.7 Å². The molecule has 0 spiro atoms. The van der Waals surface area contributed by atoms with Gasteiger partial charge in [-0.3, -0.25) is 0 Å². The van der Waals surface area contributed by atoms with Crippen molar-refractivity contribution in [2.45, 2.75) is 24.5 Å². The van der Waals surface area contributed by atoms with Gasteiger partial charge in [-0.15, -0.1) is 5.10 Å². The van der Waals surface area contributed by atoms with Gasteiger partial charge in [0.25, 0.3) is 0 Å². The smallest absolute Gasteiger partial charge is 0.142 e. The van der Waals surface area contributed by atoms with E-state index in [2.05, 4.69) is 80.8 Å². The highest BCUT2D eigenvalue weighted by Crippen LogP contribution is 2.55. The van der Waals surface area contributed by atoms with Crippen molar-refractivity contribution in [2.75, 3.05) is 0 Å². The van der Waals surface area contributed by atoms with Gasteiger partial charge < -0.3 is 5.11 Å². The lowest BCUT2D eigenvalue weighted by molar-refractivity contribution is 0.0532. The van der Waals surface area contributed by atoms with Crippen molar-refractivity contribution >= 4 is 15.9 Å². The van der Waals surface area contributed by atoms with Crippen LogP contribution in [0.3, 0.4) is 0 Å². The monoisotopic (exact) mass is 495 g/mol. The van der Waals surface area contributed by atoms with Crippen molar-refractivity contribution in [2.24, 2.45) is 0 Å². The van der Waals surface area contributed by atoms with Crippen LogP contribution in [0.15, 0.2) is 107 Å². The minimum atomic E-state index is -1.30. The molecule has 2 aliphatic carbocycles. The van der Waals surface area contributed by atoms with Crippen molar-refractivity contribution in [1.82, 2.24) is 15.0 Å². The summed E-state index contributed by atoms with van der Waals surface area (Å²) in [6.07, 6.45) is 8.71. The first-order chi connectivity index (χ1) is 16.1. The number of fused-ring (bicyclic) bond motifs is 3. The molecule has 0 aliphatic heterocycles. The Hall–Kier alpha value is -3.28. The first kappa shape index (κ1) is 20.3. The number of nitrogens with zero attached hydrogens (tertiary/aromatic N) is 3. The first-order valence-electron chi connectivity index (χ1n) is 11.1. The summed E-state index contributed by atoms with van der Waals surface area (Å²) in [5.74, 6) is -0.256. The summed E-state index contributed by atoms with van der Waals surface area (Å²) in [5.41, 5.74) is 5.92. The molecule has 2 aliphatic rings. The van der Waals surface area contributed by atoms with Crippen LogP contribution in [-0.4, -0.2) is 20.1 Å². The van der Waals surface area contributed by atoms with E-state index in [1.165, 1.54) is 11.1 Å². The molecule has 0 fully saturated rings. The van der Waals surface area contributed by atoms with Crippen LogP contribution in [-0.2, 0) is 12.1 Å². The molecule has 1 atom stereocenters. The van der Waals surface area contributed by atoms with E-state index in [-0.39, 0.29) is 5.92 Å². The van der Waals surface area contributed by atoms with E-state index in [4.69, 9.17) is 0 Å². The van der Waals surface area contributed by atoms with Crippen molar-refractivity contribution in [1.29, 1.82) is 0 Å². The molecule has 0 bridgehead atoms. The Morgan fingerprint density at radius 2 is 1.61 bits per heavy atom. The standard InChI is InChI=1S/C28H22BrN3O/c29-21-15-13-19(14-16-21)17-32-18-26(30-31-32)28(33,20-7-1-2-8-20)27-24-11-5-3-9-22(24)23-10-4-6-12-25(23)27/h1-7,9-16,18,27,33H,8,17H2. The zero-order valence-corrected chi connectivity index (χ0v) is 19.5. The molecule has 4 aromatic rings. The predicted octanol–water partition coefficient (Wildman–Crippen LogP) is 5.98. The molecule has 5 heteroatoms. The Morgan fingerprint density at radius 3 is 2.24 bits per heavy atom. The highest BCUT2D eigenvalue weighted by atomic mass is 79.9. The predicted molar refractivity (Wildman–Crippen MR) is 133 cm³/mol. The molecule has 1 aromatic heterocycles. The summed E-state index contributed by atoms with van der Waals surface area (Å²) in [6.45, 7) is 0.589. The Bertz CT molecular complexity index is 1360. The van der Waals surface area contributed by atoms with Crippen molar-refractivity contribution in [3.63, 3.8) is 0 Å². The van der Waals surface area contributed by atoms with E-state index in [1.807, 2.05) is 42.6 Å². The van der Waals surface area contributed by atoms with Crippen molar-refractivity contribution in [3.05, 3.63) is 130 Å². The molecule has 162 valence electrons. The zero-order valence-electron chi connectivity index (χ0n) is 17.9. The molecular formula is C28H22BrN3O. The zero-order chi connectivity index (χ0) is 22.4. The van der Waals surface area contributed by atoms with Gasteiger partial charge in [0.1, 0.15) is 11.3 Å². The van der Waals surface area contributed by atoms with Gasteiger partial charge in [-0.2, -0.15) is 0 Å². The summed E-state index contributed by atoms with van der Waals surface area (Å²) in [7, 11) is 0. The minimum Gasteiger partial charge on any atom is -0.378 e. The number of aliphatic hydroxyl groups is 1. The Balaban J connectivity index is 1.47. The van der Waals surface area contributed by atoms with Gasteiger partial charge in [0, 0.05) is 10.4 Å². The lowest BCUT2D eigenvalue weighted by atomic mass is 9.73. The highest BCUT2D eigenvalue weighted by molar-refractivity contribution is 9.10. The molecule has 6 rings (SSSR count). The fraction of sp³-hybridized carbons (Fsp3) is 0.143. The molecule has 1 N–H and O–H groups in total. The summed E-state index contributed by atoms with van der Waals surface area (Å²) < 4.78 is 2.85. The molecule has 0 saturated heterocycles. The fourth-order valence-electron chi connectivity index (χ4n) is 5.16. The van der Waals surface area contributed by atoms with Gasteiger partial charge in [0.15, 0.2) is 0 Å². The van der Waals surface area contributed by atoms with E-state index < -0.39 is 5.60 Å². The molecule has 33 heavy (non-hydrogen) atoms. The number of benzene rings is 3. The average Bonchev–Trinajstić information content (AvgIpc) is 3.60. The number of halogens is 1. The molecule has 3 aromatic carbocycles. The summed E-state index contributed by atoms with van der Waals surface area (Å²) in [5, 5.41) is 21.5. The maximum absolute atomic E-state index is 12.6. The third-order valence-electron chi connectivity index (χ3n) is 6.70. The SMILES string of the molecule is OC(C1=CC=CC1)(c1cn(Cc2ccc(Br)cc2)nn1)C1c2ccccc2-c2ccccc21. The van der Waals surface area contributed by atoms with E-state index in [0.29, 0.717) is 18.7 Å². The number of hydrogen-bond acceptors (Lipinski definition) is 3. The van der Waals surface area contributed by atoms with Gasteiger partial charge in [-0.1, -0.05) is 100 Å². The molecule has 0 saturated carbocycles. The van der Waals surface area contributed by atoms with Crippen LogP contribution >= 0.6 is 15.9 Å². The molecule has 0 radical (unpaired) electrons. The van der Waals surface area contributed by atoms with Crippen LogP contribution in [0, 0.1) is 0 Å². The quantitative estimate of drug-likeness (QED) is 0.370. The fourth-order valence-corrected chi connectivity index (χ4v) is 5.42. The maximum atomic E-state index is 12.6. The van der Waals surface area contributed by atoms with Crippen LogP contribution in [0.2, 0.25) is 0 Å². The van der Waals surface area contributed by atoms with Crippen LogP contribution in [0.1, 0.15) is 34.7 Å². The minimum absolute atomic E-state index is 0.256. The van der Waals surface area contributed by atoms with E-state index in [0.717, 1.165) is 26.7 Å². The normalized spacial score (nSPS) is 16.4. The second kappa shape index (κ2) is 7.94. The number of hydrogen-bond donors (Lipinski definition) is 1. The van der Waals surface area contributed by atoms with Gasteiger partial charge >= 0.3 is 0 Å². The highest BCUT2D eigenvalue weighted by Gasteiger charge is 2.49. The number of rotatable bonds is 5. The molecule has 1 heterocycles. The topological polar surface area (TPSA) is 50.9 Å². The van der Waals surface area contributed by atoms with Gasteiger partial charge in [-0.05, 0) is 51.9 Å². The second-order valence-electron chi connectivity index (χ2n) is 8.63. The molecule has 1 unspecified atom stereocenters. The van der Waals surface area contributed by atoms with Crippen LogP contribution < -0.4 is 0 Å². The molecule has 0 amide bonds. The van der Waals surface area contributed by atoms with E-state index >= 15 is 0 Å². The third-order valence-corrected chi connectivity index (χ3v) is 7.23. The Kier molecular flexibility index (Phi) is 4.89. The second-order valence-corrected chi connectivity index (χ2v) is 9.54. The van der Waals surface area contributed by atoms with Crippen molar-refractivity contribution < 1.29 is 5.11 Å². The molecular weight excluding hydrogens is 474 g/mol. The van der Waals surface area contributed by atoms with E-state index in [9.17, 15) is 5.11 Å². The van der Waals surface area contributed by atoms with Gasteiger partial charge in [-0.25, -0.2) is 4.68 Å². The lowest BCUT2D eigenvalue weighted by Crippen LogP contribution is -2.36. The van der Waals surface area contributed by atoms with Crippen molar-refractivity contribution in [3.8, 4) is 11.1 Å². The third kappa shape index (κ3) is 3.31. The summed E-state index contributed by atoms with van der Waals surface area (Å²) in [4.78, 5) is 0. The van der Waals surface area contributed by atoms with Gasteiger partial charge in [0.2, 0.25) is 0 Å². The van der Waals surface area contributed by atoms with E-state index in [1.54, 1.807) is 4.68 Å². The Morgan fingerprint density at radius 1 is 0.939 bits per heavy atom. The van der Waals surface area contributed by atoms with Crippen LogP contribution in [0.5, 0.6) is 0 Å². The summed E-state index contributed by atoms with van der Waals surface area (Å²) in [6, 6.07) is 24.9. The Labute approximate surface area is 201 Å². The lowest BCUT2D eigenvalue weighted by Gasteiger charge is -2.35. The van der Waals surface area contributed by atoms with Crippen LogP contribution in [0.4, 0.5) is 0 Å².